The second kappa shape index (κ2) is 13.5. The van der Waals surface area contributed by atoms with Crippen molar-refractivity contribution >= 4 is 40.0 Å². The molecule has 166 valence electrons. The van der Waals surface area contributed by atoms with Crippen LogP contribution in [0.5, 0.6) is 5.75 Å². The summed E-state index contributed by atoms with van der Waals surface area (Å²) in [5.74, 6) is 1.44. The minimum atomic E-state index is -3.52. The Labute approximate surface area is 196 Å². The molecular formula is C21H31IN4O3S. The Morgan fingerprint density at radius 3 is 2.37 bits per heavy atom. The van der Waals surface area contributed by atoms with Gasteiger partial charge in [-0.05, 0) is 39.0 Å². The molecule has 3 N–H and O–H groups in total. The van der Waals surface area contributed by atoms with Crippen molar-refractivity contribution in [3.8, 4) is 5.75 Å². The summed E-state index contributed by atoms with van der Waals surface area (Å²) in [5.41, 5.74) is 2.01. The van der Waals surface area contributed by atoms with E-state index >= 15 is 0 Å². The lowest BCUT2D eigenvalue weighted by atomic mass is 10.2. The number of aryl methyl sites for hydroxylation is 1. The van der Waals surface area contributed by atoms with Crippen molar-refractivity contribution < 1.29 is 13.2 Å². The largest absolute Gasteiger partial charge is 0.494 e. The molecule has 0 saturated heterocycles. The Morgan fingerprint density at radius 1 is 1.00 bits per heavy atom. The summed E-state index contributed by atoms with van der Waals surface area (Å²) in [7, 11) is -3.52. The molecule has 0 fully saturated rings. The van der Waals surface area contributed by atoms with E-state index in [1.54, 1.807) is 24.3 Å². The molecule has 7 nitrogen and oxygen atoms in total. The van der Waals surface area contributed by atoms with Crippen molar-refractivity contribution in [2.75, 3.05) is 26.2 Å². The van der Waals surface area contributed by atoms with Gasteiger partial charge in [0.15, 0.2) is 5.96 Å². The molecule has 2 aromatic carbocycles. The second-order valence-electron chi connectivity index (χ2n) is 6.37. The van der Waals surface area contributed by atoms with Crippen LogP contribution < -0.4 is 20.1 Å². The van der Waals surface area contributed by atoms with Crippen LogP contribution in [0.4, 0.5) is 0 Å². The number of rotatable bonds is 10. The number of hydrogen-bond acceptors (Lipinski definition) is 4. The Balaban J connectivity index is 0.00000450. The third-order valence-electron chi connectivity index (χ3n) is 4.06. The number of hydrogen-bond donors (Lipinski definition) is 3. The van der Waals surface area contributed by atoms with Crippen LogP contribution in [0.1, 0.15) is 25.0 Å². The third-order valence-corrected chi connectivity index (χ3v) is 5.54. The summed E-state index contributed by atoms with van der Waals surface area (Å²) in [5, 5.41) is 6.31. The van der Waals surface area contributed by atoms with Gasteiger partial charge in [-0.1, -0.05) is 35.9 Å². The highest BCUT2D eigenvalue weighted by Crippen LogP contribution is 2.18. The highest BCUT2D eigenvalue weighted by atomic mass is 127. The van der Waals surface area contributed by atoms with Crippen LogP contribution in [0.15, 0.2) is 58.4 Å². The number of benzene rings is 2. The average molecular weight is 546 g/mol. The van der Waals surface area contributed by atoms with Crippen molar-refractivity contribution in [1.29, 1.82) is 0 Å². The summed E-state index contributed by atoms with van der Waals surface area (Å²) < 4.78 is 32.9. The number of guanidine groups is 1. The Bertz CT molecular complexity index is 903. The van der Waals surface area contributed by atoms with Gasteiger partial charge in [0.05, 0.1) is 18.0 Å². The summed E-state index contributed by atoms with van der Waals surface area (Å²) in [6.45, 7) is 8.26. The Kier molecular flexibility index (Phi) is 11.7. The van der Waals surface area contributed by atoms with Gasteiger partial charge in [-0.3, -0.25) is 0 Å². The molecule has 0 aliphatic heterocycles. The average Bonchev–Trinajstić information content (AvgIpc) is 2.71. The molecule has 0 saturated carbocycles. The van der Waals surface area contributed by atoms with Gasteiger partial charge < -0.3 is 15.4 Å². The summed E-state index contributed by atoms with van der Waals surface area (Å²) in [6.07, 6.45) is 0. The molecule has 2 rings (SSSR count). The maximum atomic E-state index is 12.3. The second-order valence-corrected chi connectivity index (χ2v) is 8.14. The monoisotopic (exact) mass is 546 g/mol. The first-order valence-corrected chi connectivity index (χ1v) is 11.2. The van der Waals surface area contributed by atoms with Crippen molar-refractivity contribution in [2.45, 2.75) is 32.2 Å². The van der Waals surface area contributed by atoms with Gasteiger partial charge >= 0.3 is 0 Å². The maximum absolute atomic E-state index is 12.3. The molecule has 2 aromatic rings. The summed E-state index contributed by atoms with van der Waals surface area (Å²) >= 11 is 0. The molecule has 30 heavy (non-hydrogen) atoms. The van der Waals surface area contributed by atoms with E-state index in [4.69, 9.17) is 4.74 Å². The van der Waals surface area contributed by atoms with E-state index in [0.29, 0.717) is 32.2 Å². The van der Waals surface area contributed by atoms with Crippen LogP contribution in [0, 0.1) is 6.92 Å². The number of halogens is 1. The molecule has 0 aromatic heterocycles. The van der Waals surface area contributed by atoms with E-state index in [0.717, 1.165) is 16.9 Å². The van der Waals surface area contributed by atoms with Crippen molar-refractivity contribution in [3.63, 3.8) is 0 Å². The van der Waals surface area contributed by atoms with Crippen LogP contribution in [0.25, 0.3) is 0 Å². The number of nitrogens with zero attached hydrogens (tertiary/aromatic N) is 1. The SMILES string of the molecule is CCNC(=NCc1ccccc1OCC)NCCNS(=O)(=O)c1ccc(C)cc1.I. The standard InChI is InChI=1S/C21H30N4O3S.HI/c1-4-22-21(24-16-18-8-6-7-9-20(18)28-5-2)23-14-15-25-29(26,27)19-12-10-17(3)11-13-19;/h6-13,25H,4-5,14-16H2,1-3H3,(H2,22,23,24);1H. The number of sulfonamides is 1. The molecule has 9 heteroatoms. The molecule has 0 amide bonds. The fourth-order valence-electron chi connectivity index (χ4n) is 2.60. The zero-order chi connectivity index (χ0) is 21.1. The summed E-state index contributed by atoms with van der Waals surface area (Å²) in [6, 6.07) is 14.6. The molecule has 0 bridgehead atoms. The lowest BCUT2D eigenvalue weighted by Crippen LogP contribution is -2.41. The van der Waals surface area contributed by atoms with E-state index in [1.165, 1.54) is 0 Å². The molecule has 0 aliphatic carbocycles. The minimum absolute atomic E-state index is 0. The normalized spacial score (nSPS) is 11.5. The molecule has 0 radical (unpaired) electrons. The topological polar surface area (TPSA) is 91.8 Å². The van der Waals surface area contributed by atoms with Crippen molar-refractivity contribution in [2.24, 2.45) is 4.99 Å². The first-order valence-electron chi connectivity index (χ1n) is 9.75. The number of nitrogens with one attached hydrogen (secondary N) is 3. The van der Waals surface area contributed by atoms with Crippen LogP contribution in [-0.2, 0) is 16.6 Å². The van der Waals surface area contributed by atoms with Crippen LogP contribution in [-0.4, -0.2) is 40.6 Å². The van der Waals surface area contributed by atoms with E-state index in [2.05, 4.69) is 20.3 Å². The van der Waals surface area contributed by atoms with E-state index < -0.39 is 10.0 Å². The summed E-state index contributed by atoms with van der Waals surface area (Å²) in [4.78, 5) is 4.83. The highest BCUT2D eigenvalue weighted by Gasteiger charge is 2.12. The molecular weight excluding hydrogens is 515 g/mol. The molecule has 0 heterocycles. The molecule has 0 aliphatic rings. The Morgan fingerprint density at radius 2 is 1.70 bits per heavy atom. The van der Waals surface area contributed by atoms with Crippen LogP contribution >= 0.6 is 24.0 Å². The predicted molar refractivity (Wildman–Crippen MR) is 132 cm³/mol. The molecule has 0 spiro atoms. The third kappa shape index (κ3) is 8.49. The first-order chi connectivity index (χ1) is 14.0. The van der Waals surface area contributed by atoms with E-state index in [-0.39, 0.29) is 35.4 Å². The number of aliphatic imine (C=N–C) groups is 1. The molecule has 0 unspecified atom stereocenters. The Hall–Kier alpha value is -1.85. The van der Waals surface area contributed by atoms with Gasteiger partial charge in [-0.15, -0.1) is 24.0 Å². The fourth-order valence-corrected chi connectivity index (χ4v) is 3.64. The van der Waals surface area contributed by atoms with Gasteiger partial charge in [0.25, 0.3) is 0 Å². The van der Waals surface area contributed by atoms with Gasteiger partial charge in [-0.25, -0.2) is 18.1 Å². The van der Waals surface area contributed by atoms with Gasteiger partial charge in [0.2, 0.25) is 10.0 Å². The fraction of sp³-hybridized carbons (Fsp3) is 0.381. The lowest BCUT2D eigenvalue weighted by Gasteiger charge is -2.13. The zero-order valence-electron chi connectivity index (χ0n) is 17.6. The quantitative estimate of drug-likeness (QED) is 0.185. The van der Waals surface area contributed by atoms with E-state index in [9.17, 15) is 8.42 Å². The maximum Gasteiger partial charge on any atom is 0.240 e. The number of ether oxygens (including phenoxy) is 1. The van der Waals surface area contributed by atoms with Gasteiger partial charge in [-0.2, -0.15) is 0 Å². The van der Waals surface area contributed by atoms with Crippen LogP contribution in [0.2, 0.25) is 0 Å². The van der Waals surface area contributed by atoms with Gasteiger partial charge in [0.1, 0.15) is 5.75 Å². The first kappa shape index (κ1) is 26.2. The lowest BCUT2D eigenvalue weighted by molar-refractivity contribution is 0.336. The minimum Gasteiger partial charge on any atom is -0.494 e. The van der Waals surface area contributed by atoms with Crippen molar-refractivity contribution in [1.82, 2.24) is 15.4 Å². The van der Waals surface area contributed by atoms with Crippen molar-refractivity contribution in [3.05, 3.63) is 59.7 Å². The number of para-hydroxylation sites is 1. The van der Waals surface area contributed by atoms with Gasteiger partial charge in [0, 0.05) is 25.2 Å². The smallest absolute Gasteiger partial charge is 0.240 e. The van der Waals surface area contributed by atoms with Crippen LogP contribution in [0.3, 0.4) is 0 Å². The predicted octanol–water partition coefficient (Wildman–Crippen LogP) is 3.05. The zero-order valence-corrected chi connectivity index (χ0v) is 20.8. The van der Waals surface area contributed by atoms with E-state index in [1.807, 2.05) is 45.0 Å². The molecule has 0 atom stereocenters. The highest BCUT2D eigenvalue weighted by molar-refractivity contribution is 14.0.